The van der Waals surface area contributed by atoms with Crippen molar-refractivity contribution in [3.8, 4) is 0 Å². The summed E-state index contributed by atoms with van der Waals surface area (Å²) in [5.74, 6) is 0.992. The molecule has 0 aromatic heterocycles. The summed E-state index contributed by atoms with van der Waals surface area (Å²) in [6, 6.07) is 0.983. The van der Waals surface area contributed by atoms with Crippen molar-refractivity contribution in [2.75, 3.05) is 19.6 Å². The van der Waals surface area contributed by atoms with Crippen molar-refractivity contribution >= 4 is 5.91 Å². The Morgan fingerprint density at radius 1 is 1.21 bits per heavy atom. The molecule has 0 spiro atoms. The first-order valence-electron chi connectivity index (χ1n) is 7.85. The van der Waals surface area contributed by atoms with E-state index in [-0.39, 0.29) is 18.0 Å². The average Bonchev–Trinajstić information content (AvgIpc) is 2.91. The SMILES string of the molecule is CC(C)NC(=O)C(C)N1CCC(C2CCCN2)CC1. The zero-order valence-electron chi connectivity index (χ0n) is 12.6. The van der Waals surface area contributed by atoms with Crippen molar-refractivity contribution < 1.29 is 4.79 Å². The molecule has 0 aromatic rings. The van der Waals surface area contributed by atoms with Gasteiger partial charge in [0.05, 0.1) is 6.04 Å². The van der Waals surface area contributed by atoms with Gasteiger partial charge in [0.2, 0.25) is 5.91 Å². The Kier molecular flexibility index (Phi) is 5.22. The quantitative estimate of drug-likeness (QED) is 0.808. The lowest BCUT2D eigenvalue weighted by atomic mass is 9.88. The number of carbonyl (C=O) groups is 1. The van der Waals surface area contributed by atoms with Crippen LogP contribution in [0.5, 0.6) is 0 Å². The molecule has 2 saturated heterocycles. The molecule has 110 valence electrons. The molecule has 0 aromatic carbocycles. The van der Waals surface area contributed by atoms with Gasteiger partial charge in [0.1, 0.15) is 0 Å². The van der Waals surface area contributed by atoms with Gasteiger partial charge in [0, 0.05) is 12.1 Å². The number of hydrogen-bond acceptors (Lipinski definition) is 3. The Balaban J connectivity index is 1.77. The van der Waals surface area contributed by atoms with Crippen molar-refractivity contribution in [2.45, 2.75) is 64.6 Å². The van der Waals surface area contributed by atoms with Gasteiger partial charge < -0.3 is 10.6 Å². The standard InChI is InChI=1S/C15H29N3O/c1-11(2)17-15(19)12(3)18-9-6-13(7-10-18)14-5-4-8-16-14/h11-14,16H,4-10H2,1-3H3,(H,17,19). The number of nitrogens with zero attached hydrogens (tertiary/aromatic N) is 1. The molecule has 0 radical (unpaired) electrons. The fraction of sp³-hybridized carbons (Fsp3) is 0.933. The van der Waals surface area contributed by atoms with Gasteiger partial charge in [-0.3, -0.25) is 9.69 Å². The van der Waals surface area contributed by atoms with Gasteiger partial charge >= 0.3 is 0 Å². The van der Waals surface area contributed by atoms with Crippen LogP contribution in [0.3, 0.4) is 0 Å². The molecule has 2 heterocycles. The lowest BCUT2D eigenvalue weighted by molar-refractivity contribution is -0.127. The minimum Gasteiger partial charge on any atom is -0.353 e. The fourth-order valence-electron chi connectivity index (χ4n) is 3.39. The summed E-state index contributed by atoms with van der Waals surface area (Å²) in [5.41, 5.74) is 0. The number of amides is 1. The summed E-state index contributed by atoms with van der Waals surface area (Å²) in [6.45, 7) is 9.39. The van der Waals surface area contributed by atoms with Crippen molar-refractivity contribution in [1.82, 2.24) is 15.5 Å². The van der Waals surface area contributed by atoms with E-state index in [1.165, 1.54) is 32.2 Å². The molecule has 4 nitrogen and oxygen atoms in total. The molecular weight excluding hydrogens is 238 g/mol. The third-order valence-corrected chi connectivity index (χ3v) is 4.60. The van der Waals surface area contributed by atoms with Crippen LogP contribution in [0.25, 0.3) is 0 Å². The van der Waals surface area contributed by atoms with Gasteiger partial charge in [-0.2, -0.15) is 0 Å². The highest BCUT2D eigenvalue weighted by atomic mass is 16.2. The number of likely N-dealkylation sites (tertiary alicyclic amines) is 1. The summed E-state index contributed by atoms with van der Waals surface area (Å²) in [6.07, 6.45) is 5.14. The molecule has 4 heteroatoms. The molecule has 0 aliphatic carbocycles. The van der Waals surface area contributed by atoms with Crippen LogP contribution in [0.15, 0.2) is 0 Å². The van der Waals surface area contributed by atoms with Gasteiger partial charge in [-0.15, -0.1) is 0 Å². The first kappa shape index (κ1) is 14.8. The lowest BCUT2D eigenvalue weighted by Gasteiger charge is -2.37. The maximum atomic E-state index is 12.0. The van der Waals surface area contributed by atoms with Gasteiger partial charge in [0.15, 0.2) is 0 Å². The Labute approximate surface area is 117 Å². The normalized spacial score (nSPS) is 27.7. The van der Waals surface area contributed by atoms with Crippen molar-refractivity contribution in [2.24, 2.45) is 5.92 Å². The second-order valence-corrected chi connectivity index (χ2v) is 6.42. The molecule has 0 bridgehead atoms. The minimum atomic E-state index is 0.0138. The van der Waals surface area contributed by atoms with E-state index in [0.29, 0.717) is 0 Å². The molecule has 2 aliphatic rings. The molecule has 2 N–H and O–H groups in total. The molecule has 2 rings (SSSR count). The number of rotatable bonds is 4. The fourth-order valence-corrected chi connectivity index (χ4v) is 3.39. The van der Waals surface area contributed by atoms with E-state index in [1.807, 2.05) is 20.8 Å². The van der Waals surface area contributed by atoms with E-state index in [4.69, 9.17) is 0 Å². The number of hydrogen-bond donors (Lipinski definition) is 2. The first-order valence-corrected chi connectivity index (χ1v) is 7.85. The number of piperidine rings is 1. The Morgan fingerprint density at radius 2 is 1.89 bits per heavy atom. The lowest BCUT2D eigenvalue weighted by Crippen LogP contribution is -2.51. The topological polar surface area (TPSA) is 44.4 Å². The van der Waals surface area contributed by atoms with E-state index in [9.17, 15) is 4.79 Å². The number of nitrogens with one attached hydrogen (secondary N) is 2. The summed E-state index contributed by atoms with van der Waals surface area (Å²) < 4.78 is 0. The van der Waals surface area contributed by atoms with E-state index < -0.39 is 0 Å². The van der Waals surface area contributed by atoms with E-state index in [2.05, 4.69) is 15.5 Å². The first-order chi connectivity index (χ1) is 9.08. The molecule has 2 fully saturated rings. The van der Waals surface area contributed by atoms with Gasteiger partial charge in [-0.25, -0.2) is 0 Å². The van der Waals surface area contributed by atoms with Crippen molar-refractivity contribution in [1.29, 1.82) is 0 Å². The van der Waals surface area contributed by atoms with Gasteiger partial charge in [-0.05, 0) is 72.0 Å². The summed E-state index contributed by atoms with van der Waals surface area (Å²) in [7, 11) is 0. The largest absolute Gasteiger partial charge is 0.353 e. The van der Waals surface area contributed by atoms with Crippen LogP contribution in [-0.4, -0.2) is 48.6 Å². The third kappa shape index (κ3) is 3.93. The predicted molar refractivity (Wildman–Crippen MR) is 78.1 cm³/mol. The molecule has 19 heavy (non-hydrogen) atoms. The summed E-state index contributed by atoms with van der Waals surface area (Å²) >= 11 is 0. The molecular formula is C15H29N3O. The Bertz CT molecular complexity index is 292. The van der Waals surface area contributed by atoms with Crippen LogP contribution in [0.2, 0.25) is 0 Å². The van der Waals surface area contributed by atoms with E-state index >= 15 is 0 Å². The van der Waals surface area contributed by atoms with Crippen LogP contribution >= 0.6 is 0 Å². The zero-order chi connectivity index (χ0) is 13.8. The van der Waals surface area contributed by atoms with E-state index in [1.54, 1.807) is 0 Å². The molecule has 0 saturated carbocycles. The monoisotopic (exact) mass is 267 g/mol. The average molecular weight is 267 g/mol. The second-order valence-electron chi connectivity index (χ2n) is 6.42. The van der Waals surface area contributed by atoms with Crippen LogP contribution in [0.1, 0.15) is 46.5 Å². The zero-order valence-corrected chi connectivity index (χ0v) is 12.6. The Hall–Kier alpha value is -0.610. The van der Waals surface area contributed by atoms with Crippen molar-refractivity contribution in [3.05, 3.63) is 0 Å². The smallest absolute Gasteiger partial charge is 0.237 e. The van der Waals surface area contributed by atoms with Crippen LogP contribution in [-0.2, 0) is 4.79 Å². The Morgan fingerprint density at radius 3 is 2.42 bits per heavy atom. The van der Waals surface area contributed by atoms with E-state index in [0.717, 1.165) is 25.0 Å². The summed E-state index contributed by atoms with van der Waals surface area (Å²) in [4.78, 5) is 14.4. The van der Waals surface area contributed by atoms with Crippen LogP contribution < -0.4 is 10.6 Å². The highest BCUT2D eigenvalue weighted by molar-refractivity contribution is 5.81. The molecule has 2 atom stereocenters. The van der Waals surface area contributed by atoms with Crippen LogP contribution in [0.4, 0.5) is 0 Å². The minimum absolute atomic E-state index is 0.0138. The van der Waals surface area contributed by atoms with Gasteiger partial charge in [-0.1, -0.05) is 0 Å². The van der Waals surface area contributed by atoms with Crippen molar-refractivity contribution in [3.63, 3.8) is 0 Å². The maximum absolute atomic E-state index is 12.0. The molecule has 1 amide bonds. The predicted octanol–water partition coefficient (Wildman–Crippen LogP) is 1.36. The summed E-state index contributed by atoms with van der Waals surface area (Å²) in [5, 5.41) is 6.63. The third-order valence-electron chi connectivity index (χ3n) is 4.60. The second kappa shape index (κ2) is 6.71. The number of carbonyl (C=O) groups excluding carboxylic acids is 1. The van der Waals surface area contributed by atoms with Gasteiger partial charge in [0.25, 0.3) is 0 Å². The maximum Gasteiger partial charge on any atom is 0.237 e. The molecule has 2 unspecified atom stereocenters. The highest BCUT2D eigenvalue weighted by Crippen LogP contribution is 2.26. The van der Waals surface area contributed by atoms with Crippen LogP contribution in [0, 0.1) is 5.92 Å². The molecule has 2 aliphatic heterocycles. The highest BCUT2D eigenvalue weighted by Gasteiger charge is 2.31.